The second kappa shape index (κ2) is 10.6. The molecule has 0 radical (unpaired) electrons. The molecule has 0 aliphatic carbocycles. The first-order chi connectivity index (χ1) is 13.3. The summed E-state index contributed by atoms with van der Waals surface area (Å²) in [5.74, 6) is 1.85. The van der Waals surface area contributed by atoms with Crippen molar-refractivity contribution in [1.29, 1.82) is 0 Å². The maximum Gasteiger partial charge on any atom is 0.294 e. The predicted molar refractivity (Wildman–Crippen MR) is 113 cm³/mol. The second-order valence-electron chi connectivity index (χ2n) is 5.87. The third kappa shape index (κ3) is 7.23. The van der Waals surface area contributed by atoms with Crippen molar-refractivity contribution in [2.24, 2.45) is 0 Å². The van der Waals surface area contributed by atoms with Gasteiger partial charge in [0.05, 0.1) is 4.90 Å². The minimum absolute atomic E-state index is 0.0666. The molecule has 1 N–H and O–H groups in total. The molecule has 0 spiro atoms. The predicted octanol–water partition coefficient (Wildman–Crippen LogP) is 2.33. The van der Waals surface area contributed by atoms with Gasteiger partial charge in [-0.05, 0) is 19.1 Å². The molecular weight excluding hydrogens is 573 g/mol. The number of aryl methyl sites for hydroxylation is 1. The minimum Gasteiger partial charge on any atom is -0.282 e. The molecule has 28 heavy (non-hydrogen) atoms. The summed E-state index contributed by atoms with van der Waals surface area (Å²) in [4.78, 5) is -0.0666. The van der Waals surface area contributed by atoms with Crippen LogP contribution in [0.25, 0.3) is 0 Å². The normalized spacial score (nSPS) is 10.6. The second-order valence-corrected chi connectivity index (χ2v) is 12.8. The van der Waals surface area contributed by atoms with Crippen molar-refractivity contribution in [2.45, 2.75) is 11.8 Å². The van der Waals surface area contributed by atoms with E-state index in [0.717, 1.165) is 17.1 Å². The van der Waals surface area contributed by atoms with Crippen molar-refractivity contribution in [3.63, 3.8) is 0 Å². The number of benzene rings is 3. The fraction of sp³-hybridized carbons (Fsp3) is 0.143. The van der Waals surface area contributed by atoms with Gasteiger partial charge in [-0.25, -0.2) is 0 Å². The summed E-state index contributed by atoms with van der Waals surface area (Å²) in [6.07, 6.45) is 0. The van der Waals surface area contributed by atoms with Crippen molar-refractivity contribution < 1.29 is 22.4 Å². The first-order valence-electron chi connectivity index (χ1n) is 8.41. The van der Waals surface area contributed by atoms with E-state index in [4.69, 9.17) is 14.0 Å². The van der Waals surface area contributed by atoms with Crippen LogP contribution < -0.4 is 16.0 Å². The van der Waals surface area contributed by atoms with Crippen LogP contribution in [0.4, 0.5) is 0 Å². The van der Waals surface area contributed by atoms with E-state index < -0.39 is 33.4 Å². The molecule has 3 rings (SSSR count). The molecule has 0 unspecified atom stereocenters. The van der Waals surface area contributed by atoms with E-state index in [0.29, 0.717) is 0 Å². The van der Waals surface area contributed by atoms with E-state index in [2.05, 4.69) is 24.3 Å². The van der Waals surface area contributed by atoms with Gasteiger partial charge in [0, 0.05) is 0 Å². The van der Waals surface area contributed by atoms with Gasteiger partial charge < -0.3 is 0 Å². The molecule has 0 saturated carbocycles. The van der Waals surface area contributed by atoms with Gasteiger partial charge in [-0.3, -0.25) is 4.55 Å². The zero-order valence-electron chi connectivity index (χ0n) is 15.9. The Hall–Kier alpha value is -1.95. The number of hydrogen-bond acceptors (Lipinski definition) is 4. The average molecular weight is 596 g/mol. The Bertz CT molecular complexity index is 921. The largest absolute Gasteiger partial charge is 0.294 e. The van der Waals surface area contributed by atoms with Gasteiger partial charge in [0.2, 0.25) is 0 Å². The van der Waals surface area contributed by atoms with Crippen molar-refractivity contribution in [1.82, 2.24) is 0 Å². The standard InChI is InChI=1S/C7H8O3S.2C7H7O.Bi.H/c1-6-2-4-7(5-3-6)11(8,9)10;2*1-8-7-5-3-2-4-6-7;;/h2-5H,1H3,(H,8,9,10);2*3-6H,1H3;;. The Morgan fingerprint density at radius 2 is 1.11 bits per heavy atom. The van der Waals surface area contributed by atoms with Crippen LogP contribution in [0.3, 0.4) is 0 Å². The number of methoxy groups -OCH3 is 2. The molecule has 0 amide bonds. The van der Waals surface area contributed by atoms with E-state index >= 15 is 0 Å². The van der Waals surface area contributed by atoms with Crippen molar-refractivity contribution in [3.05, 3.63) is 78.4 Å². The maximum absolute atomic E-state index is 10.5. The number of ether oxygens (including phenoxy) is 2. The molecule has 0 bridgehead atoms. The average Bonchev–Trinajstić information content (AvgIpc) is 2.69. The van der Waals surface area contributed by atoms with Crippen LogP contribution in [0.2, 0.25) is 0 Å². The summed E-state index contributed by atoms with van der Waals surface area (Å²) in [6, 6.07) is 22.8. The van der Waals surface area contributed by atoms with Gasteiger partial charge in [0.25, 0.3) is 10.1 Å². The molecule has 0 aliphatic heterocycles. The van der Waals surface area contributed by atoms with Crippen LogP contribution in [0.5, 0.6) is 11.5 Å². The number of rotatable bonds is 5. The monoisotopic (exact) mass is 596 g/mol. The van der Waals surface area contributed by atoms with E-state index in [1.807, 2.05) is 31.2 Å². The molecule has 148 valence electrons. The molecule has 3 aromatic carbocycles. The third-order valence-electron chi connectivity index (χ3n) is 3.79. The molecule has 7 heteroatoms. The maximum atomic E-state index is 10.5. The van der Waals surface area contributed by atoms with Gasteiger partial charge in [0.1, 0.15) is 0 Å². The Morgan fingerprint density at radius 1 is 0.714 bits per heavy atom. The Balaban J connectivity index is 0.000000221. The van der Waals surface area contributed by atoms with Gasteiger partial charge >= 0.3 is 114 Å². The zero-order chi connectivity index (χ0) is 20.6. The molecule has 0 saturated heterocycles. The SMILES string of the molecule is COc1cc[c]([BiH][c]2ccc(OC)cc2)cc1.Cc1ccc(S(=O)(=O)O)cc1. The molecular formula is C21H23BiO5S. The van der Waals surface area contributed by atoms with Crippen LogP contribution in [0.15, 0.2) is 77.7 Å². The molecule has 5 nitrogen and oxygen atoms in total. The Morgan fingerprint density at radius 3 is 1.43 bits per heavy atom. The topological polar surface area (TPSA) is 72.8 Å². The molecule has 0 heterocycles. The van der Waals surface area contributed by atoms with Crippen molar-refractivity contribution in [2.75, 3.05) is 14.2 Å². The minimum atomic E-state index is -4.02. The summed E-state index contributed by atoms with van der Waals surface area (Å²) in [5, 5.41) is 0. The fourth-order valence-electron chi connectivity index (χ4n) is 2.23. The van der Waals surface area contributed by atoms with E-state index in [-0.39, 0.29) is 4.90 Å². The summed E-state index contributed by atoms with van der Waals surface area (Å²) < 4.78 is 42.8. The summed E-state index contributed by atoms with van der Waals surface area (Å²) in [6.45, 7) is 1.84. The van der Waals surface area contributed by atoms with Gasteiger partial charge in [0.15, 0.2) is 0 Å². The Kier molecular flexibility index (Phi) is 8.42. The van der Waals surface area contributed by atoms with E-state index in [9.17, 15) is 8.42 Å². The molecule has 0 atom stereocenters. The van der Waals surface area contributed by atoms with E-state index in [1.54, 1.807) is 26.4 Å². The smallest absolute Gasteiger partial charge is 0.282 e. The molecule has 0 aliphatic rings. The Labute approximate surface area is 177 Å². The van der Waals surface area contributed by atoms with Gasteiger partial charge in [-0.2, -0.15) is 8.42 Å². The first-order valence-corrected chi connectivity index (χ1v) is 13.7. The molecule has 3 aromatic rings. The summed E-state index contributed by atoms with van der Waals surface area (Å²) >= 11 is -0.919. The van der Waals surface area contributed by atoms with Crippen LogP contribution in [-0.4, -0.2) is 50.4 Å². The van der Waals surface area contributed by atoms with E-state index in [1.165, 1.54) is 18.7 Å². The van der Waals surface area contributed by atoms with Crippen LogP contribution >= 0.6 is 0 Å². The zero-order valence-corrected chi connectivity index (χ0v) is 20.6. The van der Waals surface area contributed by atoms with Gasteiger partial charge in [-0.15, -0.1) is 0 Å². The van der Waals surface area contributed by atoms with Crippen LogP contribution in [-0.2, 0) is 10.1 Å². The fourth-order valence-corrected chi connectivity index (χ4v) is 6.59. The summed E-state index contributed by atoms with van der Waals surface area (Å²) in [5.41, 5.74) is 0.956. The first kappa shape index (κ1) is 22.3. The molecule has 0 fully saturated rings. The van der Waals surface area contributed by atoms with Crippen molar-refractivity contribution in [3.8, 4) is 11.5 Å². The molecule has 0 aromatic heterocycles. The third-order valence-corrected chi connectivity index (χ3v) is 9.49. The van der Waals surface area contributed by atoms with Crippen LogP contribution in [0.1, 0.15) is 5.56 Å². The quantitative estimate of drug-likeness (QED) is 0.362. The number of hydrogen-bond donors (Lipinski definition) is 1. The van der Waals surface area contributed by atoms with Crippen LogP contribution in [0, 0.1) is 6.92 Å². The van der Waals surface area contributed by atoms with Gasteiger partial charge in [-0.1, -0.05) is 17.7 Å². The van der Waals surface area contributed by atoms with Crippen molar-refractivity contribution >= 4 is 39.9 Å². The summed E-state index contributed by atoms with van der Waals surface area (Å²) in [7, 11) is -0.630.